The van der Waals surface area contributed by atoms with Gasteiger partial charge < -0.3 is 19.9 Å². The van der Waals surface area contributed by atoms with Crippen LogP contribution >= 0.6 is 0 Å². The number of hydrogen-bond acceptors (Lipinski definition) is 3. The molecule has 0 spiro atoms. The average Bonchev–Trinajstić information content (AvgIpc) is 2.58. The molecule has 0 unspecified atom stereocenters. The van der Waals surface area contributed by atoms with Gasteiger partial charge in [-0.15, -0.1) is 0 Å². The molecule has 2 aliphatic rings. The summed E-state index contributed by atoms with van der Waals surface area (Å²) in [5, 5.41) is 3.01. The predicted octanol–water partition coefficient (Wildman–Crippen LogP) is 2.11. The number of ether oxygens (including phenoxy) is 1. The number of amides is 3. The van der Waals surface area contributed by atoms with Gasteiger partial charge in [0, 0.05) is 44.0 Å². The molecule has 0 radical (unpaired) electrons. The smallest absolute Gasteiger partial charge is 0.318 e. The molecule has 0 atom stereocenters. The van der Waals surface area contributed by atoms with Crippen LogP contribution < -0.4 is 5.32 Å². The van der Waals surface area contributed by atoms with Gasteiger partial charge in [0.15, 0.2) is 0 Å². The van der Waals surface area contributed by atoms with Gasteiger partial charge in [-0.3, -0.25) is 4.79 Å². The van der Waals surface area contributed by atoms with E-state index in [4.69, 9.17) is 4.74 Å². The van der Waals surface area contributed by atoms with E-state index in [-0.39, 0.29) is 30.1 Å². The molecule has 3 rings (SSSR count). The Morgan fingerprint density at radius 1 is 1.12 bits per heavy atom. The Morgan fingerprint density at radius 2 is 1.76 bits per heavy atom. The Balaban J connectivity index is 1.64. The Kier molecular flexibility index (Phi) is 5.58. The van der Waals surface area contributed by atoms with Crippen LogP contribution in [0.5, 0.6) is 0 Å². The van der Waals surface area contributed by atoms with E-state index in [1.807, 2.05) is 54.0 Å². The van der Waals surface area contributed by atoms with Crippen molar-refractivity contribution in [3.05, 3.63) is 35.9 Å². The van der Waals surface area contributed by atoms with E-state index in [2.05, 4.69) is 5.32 Å². The van der Waals surface area contributed by atoms with Crippen molar-refractivity contribution in [3.8, 4) is 0 Å². The highest BCUT2D eigenvalue weighted by Gasteiger charge is 2.41. The molecule has 0 saturated carbocycles. The van der Waals surface area contributed by atoms with Crippen LogP contribution in [0.1, 0.15) is 37.0 Å². The Hall–Kier alpha value is -2.08. The summed E-state index contributed by atoms with van der Waals surface area (Å²) in [6.07, 6.45) is 1.71. The molecule has 1 aromatic carbocycles. The molecule has 0 aromatic heterocycles. The first-order valence-electron chi connectivity index (χ1n) is 9.07. The monoisotopic (exact) mass is 345 g/mol. The number of hydrogen-bond donors (Lipinski definition) is 1. The van der Waals surface area contributed by atoms with Crippen molar-refractivity contribution in [2.24, 2.45) is 0 Å². The highest BCUT2D eigenvalue weighted by molar-refractivity contribution is 5.94. The largest absolute Gasteiger partial charge is 0.381 e. The van der Waals surface area contributed by atoms with Crippen LogP contribution in [0.4, 0.5) is 4.79 Å². The molecule has 6 heteroatoms. The molecule has 136 valence electrons. The van der Waals surface area contributed by atoms with Crippen molar-refractivity contribution in [1.29, 1.82) is 0 Å². The van der Waals surface area contributed by atoms with Gasteiger partial charge in [0.2, 0.25) is 0 Å². The molecule has 1 aromatic rings. The Labute approximate surface area is 149 Å². The minimum atomic E-state index is -0.0290. The van der Waals surface area contributed by atoms with Crippen LogP contribution in [0.15, 0.2) is 30.3 Å². The minimum absolute atomic E-state index is 0.0290. The van der Waals surface area contributed by atoms with Gasteiger partial charge in [-0.25, -0.2) is 4.79 Å². The molecule has 2 saturated heterocycles. The molecule has 25 heavy (non-hydrogen) atoms. The second-order valence-electron chi connectivity index (χ2n) is 7.08. The van der Waals surface area contributed by atoms with E-state index in [1.165, 1.54) is 0 Å². The first-order chi connectivity index (χ1) is 12.1. The summed E-state index contributed by atoms with van der Waals surface area (Å²) >= 11 is 0. The molecular weight excluding hydrogens is 318 g/mol. The van der Waals surface area contributed by atoms with Gasteiger partial charge in [-0.2, -0.15) is 0 Å². The van der Waals surface area contributed by atoms with Crippen LogP contribution in [0, 0.1) is 0 Å². The van der Waals surface area contributed by atoms with E-state index in [1.54, 1.807) is 0 Å². The highest BCUT2D eigenvalue weighted by atomic mass is 16.5. The lowest BCUT2D eigenvalue weighted by molar-refractivity contribution is -0.00521. The standard InChI is InChI=1S/C19H27N3O3/c1-14(2)20-19(24)22(16-8-10-25-11-9-16)17-12-21(13-17)18(23)15-6-4-3-5-7-15/h3-7,14,16-17H,8-13H2,1-2H3,(H,20,24). The van der Waals surface area contributed by atoms with Gasteiger partial charge in [0.1, 0.15) is 0 Å². The van der Waals surface area contributed by atoms with Crippen molar-refractivity contribution >= 4 is 11.9 Å². The number of nitrogens with one attached hydrogen (secondary N) is 1. The van der Waals surface area contributed by atoms with E-state index < -0.39 is 0 Å². The highest BCUT2D eigenvalue weighted by Crippen LogP contribution is 2.24. The molecule has 0 bridgehead atoms. The normalized spacial score (nSPS) is 18.8. The van der Waals surface area contributed by atoms with E-state index in [0.717, 1.165) is 12.8 Å². The minimum Gasteiger partial charge on any atom is -0.381 e. The number of nitrogens with zero attached hydrogens (tertiary/aromatic N) is 2. The van der Waals surface area contributed by atoms with E-state index in [9.17, 15) is 9.59 Å². The maximum atomic E-state index is 12.7. The lowest BCUT2D eigenvalue weighted by Gasteiger charge is -2.49. The third-order valence-corrected chi connectivity index (χ3v) is 4.79. The summed E-state index contributed by atoms with van der Waals surface area (Å²) in [6.45, 7) is 6.50. The Morgan fingerprint density at radius 3 is 2.36 bits per heavy atom. The molecule has 2 aliphatic heterocycles. The van der Waals surface area contributed by atoms with Crippen LogP contribution in [0.3, 0.4) is 0 Å². The first-order valence-corrected chi connectivity index (χ1v) is 9.07. The number of urea groups is 1. The fourth-order valence-electron chi connectivity index (χ4n) is 3.47. The summed E-state index contributed by atoms with van der Waals surface area (Å²) in [6, 6.07) is 9.63. The summed E-state index contributed by atoms with van der Waals surface area (Å²) in [4.78, 5) is 29.0. The first kappa shape index (κ1) is 17.7. The van der Waals surface area contributed by atoms with Gasteiger partial charge in [0.25, 0.3) is 5.91 Å². The summed E-state index contributed by atoms with van der Waals surface area (Å²) in [5.74, 6) is 0.0352. The average molecular weight is 345 g/mol. The molecular formula is C19H27N3O3. The zero-order chi connectivity index (χ0) is 17.8. The van der Waals surface area contributed by atoms with Crippen molar-refractivity contribution < 1.29 is 14.3 Å². The molecule has 2 fully saturated rings. The fourth-order valence-corrected chi connectivity index (χ4v) is 3.47. The Bertz CT molecular complexity index is 593. The zero-order valence-electron chi connectivity index (χ0n) is 15.0. The molecule has 2 heterocycles. The van der Waals surface area contributed by atoms with Gasteiger partial charge in [-0.1, -0.05) is 18.2 Å². The van der Waals surface area contributed by atoms with Crippen molar-refractivity contribution in [2.75, 3.05) is 26.3 Å². The van der Waals surface area contributed by atoms with E-state index in [0.29, 0.717) is 31.9 Å². The van der Waals surface area contributed by atoms with E-state index >= 15 is 0 Å². The summed E-state index contributed by atoms with van der Waals surface area (Å²) < 4.78 is 5.44. The van der Waals surface area contributed by atoms with Crippen LogP contribution in [0.25, 0.3) is 0 Å². The van der Waals surface area contributed by atoms with Gasteiger partial charge in [0.05, 0.1) is 6.04 Å². The van der Waals surface area contributed by atoms with Crippen LogP contribution in [0.2, 0.25) is 0 Å². The molecule has 3 amide bonds. The number of carbonyl (C=O) groups excluding carboxylic acids is 2. The maximum absolute atomic E-state index is 12.7. The van der Waals surface area contributed by atoms with Gasteiger partial charge >= 0.3 is 6.03 Å². The SMILES string of the molecule is CC(C)NC(=O)N(C1CCOCC1)C1CN(C(=O)c2ccccc2)C1. The third-order valence-electron chi connectivity index (χ3n) is 4.79. The summed E-state index contributed by atoms with van der Waals surface area (Å²) in [5.41, 5.74) is 0.699. The topological polar surface area (TPSA) is 61.9 Å². The number of carbonyl (C=O) groups is 2. The van der Waals surface area contributed by atoms with Crippen LogP contribution in [-0.4, -0.2) is 66.2 Å². The predicted molar refractivity (Wildman–Crippen MR) is 95.5 cm³/mol. The second kappa shape index (κ2) is 7.87. The lowest BCUT2D eigenvalue weighted by Crippen LogP contribution is -2.66. The fraction of sp³-hybridized carbons (Fsp3) is 0.579. The van der Waals surface area contributed by atoms with Gasteiger partial charge in [-0.05, 0) is 38.8 Å². The van der Waals surface area contributed by atoms with Crippen molar-refractivity contribution in [1.82, 2.24) is 15.1 Å². The molecule has 1 N–H and O–H groups in total. The van der Waals surface area contributed by atoms with Crippen molar-refractivity contribution in [2.45, 2.75) is 44.8 Å². The quantitative estimate of drug-likeness (QED) is 0.909. The maximum Gasteiger partial charge on any atom is 0.318 e. The number of rotatable bonds is 4. The zero-order valence-corrected chi connectivity index (χ0v) is 15.0. The lowest BCUT2D eigenvalue weighted by atomic mass is 9.99. The number of likely N-dealkylation sites (tertiary alicyclic amines) is 1. The second-order valence-corrected chi connectivity index (χ2v) is 7.08. The molecule has 6 nitrogen and oxygen atoms in total. The van der Waals surface area contributed by atoms with Crippen molar-refractivity contribution in [3.63, 3.8) is 0 Å². The number of benzene rings is 1. The van der Waals surface area contributed by atoms with Crippen LogP contribution in [-0.2, 0) is 4.74 Å². The summed E-state index contributed by atoms with van der Waals surface area (Å²) in [7, 11) is 0. The molecule has 0 aliphatic carbocycles. The third kappa shape index (κ3) is 4.12.